The number of hydrogen-bond donors (Lipinski definition) is 2. The average molecular weight is 289 g/mol. The fraction of sp³-hybridized carbons (Fsp3) is 0.588. The molecule has 4 heteroatoms. The van der Waals surface area contributed by atoms with Gasteiger partial charge >= 0.3 is 0 Å². The van der Waals surface area contributed by atoms with Crippen molar-refractivity contribution in [3.8, 4) is 0 Å². The van der Waals surface area contributed by atoms with E-state index in [1.807, 2.05) is 12.1 Å². The molecule has 1 aliphatic carbocycles. The largest absolute Gasteiger partial charge is 0.375 e. The molecule has 3 N–H and O–H groups in total. The summed E-state index contributed by atoms with van der Waals surface area (Å²) in [6.07, 6.45) is 2.56. The van der Waals surface area contributed by atoms with E-state index in [-0.39, 0.29) is 12.1 Å². The van der Waals surface area contributed by atoms with Crippen molar-refractivity contribution in [2.75, 3.05) is 5.32 Å². The molecule has 1 aliphatic rings. The quantitative estimate of drug-likeness (QED) is 0.644. The molecule has 0 atom stereocenters. The van der Waals surface area contributed by atoms with Crippen LogP contribution in [0.15, 0.2) is 29.3 Å². The first kappa shape index (κ1) is 15.8. The van der Waals surface area contributed by atoms with Gasteiger partial charge in [-0.25, -0.2) is 4.99 Å². The van der Waals surface area contributed by atoms with E-state index < -0.39 is 0 Å². The van der Waals surface area contributed by atoms with Crippen LogP contribution in [-0.2, 0) is 4.74 Å². The molecule has 116 valence electrons. The number of guanidine groups is 1. The van der Waals surface area contributed by atoms with E-state index in [1.54, 1.807) is 0 Å². The molecule has 1 fully saturated rings. The predicted molar refractivity (Wildman–Crippen MR) is 88.8 cm³/mol. The molecule has 0 amide bonds. The summed E-state index contributed by atoms with van der Waals surface area (Å²) in [7, 11) is 0. The summed E-state index contributed by atoms with van der Waals surface area (Å²) >= 11 is 0. The maximum absolute atomic E-state index is 5.99. The molecular formula is C17H27N3O. The number of anilines is 1. The molecule has 1 aromatic carbocycles. The third-order valence-electron chi connectivity index (χ3n) is 3.68. The first-order chi connectivity index (χ1) is 9.94. The molecule has 0 bridgehead atoms. The Labute approximate surface area is 127 Å². The highest BCUT2D eigenvalue weighted by atomic mass is 16.5. The molecule has 0 heterocycles. The minimum absolute atomic E-state index is 0.286. The van der Waals surface area contributed by atoms with Crippen molar-refractivity contribution in [1.82, 2.24) is 0 Å². The van der Waals surface area contributed by atoms with Gasteiger partial charge in [-0.3, -0.25) is 0 Å². The van der Waals surface area contributed by atoms with Gasteiger partial charge in [0.05, 0.1) is 18.2 Å². The van der Waals surface area contributed by atoms with Crippen LogP contribution in [0.3, 0.4) is 0 Å². The smallest absolute Gasteiger partial charge is 0.193 e. The van der Waals surface area contributed by atoms with E-state index in [0.717, 1.165) is 18.5 Å². The SMILES string of the molecule is CC(C)OC1CC(N=C(N)Nc2cccc(C(C)C)c2)C1. The zero-order chi connectivity index (χ0) is 15.4. The highest BCUT2D eigenvalue weighted by molar-refractivity contribution is 5.92. The molecule has 0 radical (unpaired) electrons. The van der Waals surface area contributed by atoms with Crippen LogP contribution in [0.2, 0.25) is 0 Å². The molecule has 0 saturated heterocycles. The third-order valence-corrected chi connectivity index (χ3v) is 3.68. The molecule has 0 spiro atoms. The predicted octanol–water partition coefficient (Wildman–Crippen LogP) is 3.49. The van der Waals surface area contributed by atoms with Gasteiger partial charge in [-0.05, 0) is 50.3 Å². The fourth-order valence-electron chi connectivity index (χ4n) is 2.49. The summed E-state index contributed by atoms with van der Waals surface area (Å²) in [5.41, 5.74) is 8.28. The molecule has 1 saturated carbocycles. The van der Waals surface area contributed by atoms with E-state index in [4.69, 9.17) is 10.5 Å². The van der Waals surface area contributed by atoms with Gasteiger partial charge in [-0.2, -0.15) is 0 Å². The van der Waals surface area contributed by atoms with Crippen molar-refractivity contribution in [3.05, 3.63) is 29.8 Å². The zero-order valence-corrected chi connectivity index (χ0v) is 13.5. The Morgan fingerprint density at radius 2 is 2.00 bits per heavy atom. The summed E-state index contributed by atoms with van der Waals surface area (Å²) in [6, 6.07) is 8.59. The molecular weight excluding hydrogens is 262 g/mol. The van der Waals surface area contributed by atoms with Gasteiger partial charge in [0.25, 0.3) is 0 Å². The topological polar surface area (TPSA) is 59.6 Å². The lowest BCUT2D eigenvalue weighted by atomic mass is 9.90. The first-order valence-corrected chi connectivity index (χ1v) is 7.79. The Morgan fingerprint density at radius 3 is 2.62 bits per heavy atom. The number of nitrogens with two attached hydrogens (primary N) is 1. The van der Waals surface area contributed by atoms with E-state index in [9.17, 15) is 0 Å². The molecule has 21 heavy (non-hydrogen) atoms. The Balaban J connectivity index is 1.86. The van der Waals surface area contributed by atoms with Crippen LogP contribution in [0.4, 0.5) is 5.69 Å². The number of benzene rings is 1. The first-order valence-electron chi connectivity index (χ1n) is 7.79. The molecule has 4 nitrogen and oxygen atoms in total. The highest BCUT2D eigenvalue weighted by Crippen LogP contribution is 2.27. The van der Waals surface area contributed by atoms with Gasteiger partial charge in [-0.1, -0.05) is 26.0 Å². The summed E-state index contributed by atoms with van der Waals surface area (Å²) in [4.78, 5) is 4.51. The van der Waals surface area contributed by atoms with Crippen LogP contribution >= 0.6 is 0 Å². The standard InChI is InChI=1S/C17H27N3O/c1-11(2)13-6-5-7-14(8-13)19-17(18)20-15-9-16(10-15)21-12(3)4/h5-8,11-12,15-16H,9-10H2,1-4H3,(H3,18,19,20). The van der Waals surface area contributed by atoms with E-state index in [1.165, 1.54) is 5.56 Å². The van der Waals surface area contributed by atoms with Crippen LogP contribution in [0.25, 0.3) is 0 Å². The van der Waals surface area contributed by atoms with Crippen molar-refractivity contribution in [2.45, 2.75) is 64.7 Å². The van der Waals surface area contributed by atoms with E-state index >= 15 is 0 Å². The monoisotopic (exact) mass is 289 g/mol. The second-order valence-electron chi connectivity index (χ2n) is 6.35. The fourth-order valence-corrected chi connectivity index (χ4v) is 2.49. The Kier molecular flexibility index (Phi) is 5.23. The van der Waals surface area contributed by atoms with E-state index in [0.29, 0.717) is 18.0 Å². The lowest BCUT2D eigenvalue weighted by Gasteiger charge is -2.33. The minimum Gasteiger partial charge on any atom is -0.375 e. The Hall–Kier alpha value is -1.55. The van der Waals surface area contributed by atoms with Crippen molar-refractivity contribution in [3.63, 3.8) is 0 Å². The molecule has 2 rings (SSSR count). The number of rotatable bonds is 5. The Morgan fingerprint density at radius 1 is 1.29 bits per heavy atom. The lowest BCUT2D eigenvalue weighted by Crippen LogP contribution is -2.38. The normalized spacial score (nSPS) is 22.5. The maximum atomic E-state index is 5.99. The zero-order valence-electron chi connectivity index (χ0n) is 13.5. The van der Waals surface area contributed by atoms with Gasteiger partial charge in [-0.15, -0.1) is 0 Å². The number of hydrogen-bond acceptors (Lipinski definition) is 2. The van der Waals surface area contributed by atoms with Gasteiger partial charge in [0.15, 0.2) is 5.96 Å². The second-order valence-corrected chi connectivity index (χ2v) is 6.35. The molecule has 0 aliphatic heterocycles. The molecule has 0 unspecified atom stereocenters. The van der Waals surface area contributed by atoms with Gasteiger partial charge < -0.3 is 15.8 Å². The average Bonchev–Trinajstić information content (AvgIpc) is 2.35. The van der Waals surface area contributed by atoms with E-state index in [2.05, 4.69) is 50.1 Å². The minimum atomic E-state index is 0.286. The second kappa shape index (κ2) is 6.94. The van der Waals surface area contributed by atoms with Gasteiger partial charge in [0, 0.05) is 5.69 Å². The summed E-state index contributed by atoms with van der Waals surface area (Å²) in [5.74, 6) is 0.995. The summed E-state index contributed by atoms with van der Waals surface area (Å²) < 4.78 is 5.73. The number of aliphatic imine (C=N–C) groups is 1. The number of nitrogens with zero attached hydrogens (tertiary/aromatic N) is 1. The van der Waals surface area contributed by atoms with Crippen molar-refractivity contribution in [1.29, 1.82) is 0 Å². The molecule has 1 aromatic rings. The van der Waals surface area contributed by atoms with Crippen LogP contribution in [0.1, 0.15) is 52.0 Å². The third kappa shape index (κ3) is 4.74. The number of nitrogens with one attached hydrogen (secondary N) is 1. The van der Waals surface area contributed by atoms with Crippen LogP contribution in [0, 0.1) is 0 Å². The van der Waals surface area contributed by atoms with Gasteiger partial charge in [0.2, 0.25) is 0 Å². The lowest BCUT2D eigenvalue weighted by molar-refractivity contribution is -0.0428. The molecule has 0 aromatic heterocycles. The van der Waals surface area contributed by atoms with Crippen molar-refractivity contribution in [2.24, 2.45) is 10.7 Å². The van der Waals surface area contributed by atoms with Gasteiger partial charge in [0.1, 0.15) is 0 Å². The summed E-state index contributed by atoms with van der Waals surface area (Å²) in [6.45, 7) is 8.49. The number of ether oxygens (including phenoxy) is 1. The van der Waals surface area contributed by atoms with Crippen LogP contribution < -0.4 is 11.1 Å². The highest BCUT2D eigenvalue weighted by Gasteiger charge is 2.30. The van der Waals surface area contributed by atoms with Crippen LogP contribution in [-0.4, -0.2) is 24.2 Å². The maximum Gasteiger partial charge on any atom is 0.193 e. The summed E-state index contributed by atoms with van der Waals surface area (Å²) in [5, 5.41) is 3.18. The Bertz CT molecular complexity index is 491. The van der Waals surface area contributed by atoms with Crippen molar-refractivity contribution >= 4 is 11.6 Å². The van der Waals surface area contributed by atoms with Crippen LogP contribution in [0.5, 0.6) is 0 Å². The van der Waals surface area contributed by atoms with Crippen molar-refractivity contribution < 1.29 is 4.74 Å².